The number of urea groups is 1. The van der Waals surface area contributed by atoms with Gasteiger partial charge in [-0.05, 0) is 24.4 Å². The topological polar surface area (TPSA) is 97.6 Å². The van der Waals surface area contributed by atoms with Gasteiger partial charge in [0.25, 0.3) is 5.91 Å². The Morgan fingerprint density at radius 3 is 2.59 bits per heavy atom. The predicted molar refractivity (Wildman–Crippen MR) is 88.0 cm³/mol. The van der Waals surface area contributed by atoms with E-state index in [0.717, 1.165) is 37.2 Å². The number of halogens is 1. The largest absolute Gasteiger partial charge is 0.476 e. The Bertz CT molecular complexity index is 507. The molecule has 0 atom stereocenters. The van der Waals surface area contributed by atoms with Gasteiger partial charge in [0.05, 0.1) is 6.61 Å². The molecule has 7 nitrogen and oxygen atoms in total. The average Bonchev–Trinajstić information content (AvgIpc) is 2.85. The molecule has 0 aliphatic heterocycles. The minimum atomic E-state index is -0.681. The van der Waals surface area contributed by atoms with Gasteiger partial charge < -0.3 is 15.4 Å². The van der Waals surface area contributed by atoms with E-state index in [1.807, 2.05) is 0 Å². The van der Waals surface area contributed by atoms with Gasteiger partial charge >= 0.3 is 6.03 Å². The van der Waals surface area contributed by atoms with Crippen LogP contribution in [-0.2, 0) is 0 Å². The van der Waals surface area contributed by atoms with Crippen molar-refractivity contribution in [3.05, 3.63) is 5.56 Å². The molecular weight excluding hydrogens is 328 g/mol. The smallest absolute Gasteiger partial charge is 0.321 e. The van der Waals surface area contributed by atoms with E-state index >= 15 is 0 Å². The first kappa shape index (κ1) is 18.5. The molecule has 0 fully saturated rings. The third kappa shape index (κ3) is 5.69. The van der Waals surface area contributed by atoms with Crippen LogP contribution in [0.4, 0.5) is 9.80 Å². The molecule has 0 aliphatic rings. The summed E-state index contributed by atoms with van der Waals surface area (Å²) in [7, 11) is 3.19. The molecule has 22 heavy (non-hydrogen) atoms. The van der Waals surface area contributed by atoms with Gasteiger partial charge in [-0.2, -0.15) is 4.37 Å². The molecule has 0 unspecified atom stereocenters. The molecule has 0 saturated heterocycles. The van der Waals surface area contributed by atoms with Gasteiger partial charge in [0.1, 0.15) is 10.6 Å². The second kappa shape index (κ2) is 9.47. The number of unbranched alkanes of at least 4 members (excludes halogenated alkanes) is 3. The third-order valence-corrected chi connectivity index (χ3v) is 3.81. The molecule has 0 radical (unpaired) electrons. The van der Waals surface area contributed by atoms with Crippen molar-refractivity contribution in [3.63, 3.8) is 0 Å². The molecule has 1 heterocycles. The Morgan fingerprint density at radius 2 is 2.00 bits per heavy atom. The molecule has 0 spiro atoms. The number of amides is 3. The molecule has 1 aromatic heterocycles. The van der Waals surface area contributed by atoms with E-state index in [2.05, 4.69) is 9.69 Å². The maximum Gasteiger partial charge on any atom is 0.321 e. The van der Waals surface area contributed by atoms with Crippen molar-refractivity contribution in [1.29, 1.82) is 0 Å². The van der Waals surface area contributed by atoms with E-state index in [-0.39, 0.29) is 17.5 Å². The molecule has 124 valence electrons. The van der Waals surface area contributed by atoms with Gasteiger partial charge in [0, 0.05) is 20.0 Å². The van der Waals surface area contributed by atoms with Crippen molar-refractivity contribution in [3.8, 4) is 5.88 Å². The summed E-state index contributed by atoms with van der Waals surface area (Å²) in [6.45, 7) is 0.438. The number of hydrogen-bond acceptors (Lipinski definition) is 5. The van der Waals surface area contributed by atoms with Gasteiger partial charge in [-0.25, -0.2) is 4.79 Å². The molecule has 0 aromatic carbocycles. The lowest BCUT2D eigenvalue weighted by molar-refractivity contribution is 0.0997. The van der Waals surface area contributed by atoms with Crippen LogP contribution in [0.3, 0.4) is 0 Å². The number of aromatic nitrogens is 1. The van der Waals surface area contributed by atoms with Crippen molar-refractivity contribution in [2.75, 3.05) is 31.9 Å². The first-order valence-electron chi connectivity index (χ1n) is 6.94. The number of nitrogens with zero attached hydrogens (tertiary/aromatic N) is 2. The van der Waals surface area contributed by atoms with Crippen LogP contribution in [0.2, 0.25) is 0 Å². The first-order valence-corrected chi connectivity index (χ1v) is 8.24. The lowest BCUT2D eigenvalue weighted by Crippen LogP contribution is -2.28. The Kier molecular flexibility index (Phi) is 7.97. The number of primary amides is 1. The van der Waals surface area contributed by atoms with E-state index in [0.29, 0.717) is 17.5 Å². The Morgan fingerprint density at radius 1 is 1.32 bits per heavy atom. The van der Waals surface area contributed by atoms with Crippen molar-refractivity contribution >= 4 is 40.1 Å². The van der Waals surface area contributed by atoms with E-state index in [9.17, 15) is 9.59 Å². The number of hydrogen-bond donors (Lipinski definition) is 2. The van der Waals surface area contributed by atoms with Crippen LogP contribution in [0.15, 0.2) is 0 Å². The third-order valence-electron chi connectivity index (χ3n) is 2.80. The monoisotopic (exact) mass is 348 g/mol. The van der Waals surface area contributed by atoms with Gasteiger partial charge in [-0.15, -0.1) is 11.6 Å². The Labute approximate surface area is 138 Å². The van der Waals surface area contributed by atoms with Gasteiger partial charge in [-0.3, -0.25) is 10.1 Å². The zero-order valence-electron chi connectivity index (χ0n) is 12.7. The van der Waals surface area contributed by atoms with Crippen molar-refractivity contribution in [2.45, 2.75) is 25.7 Å². The minimum absolute atomic E-state index is 0.112. The highest BCUT2D eigenvalue weighted by atomic mass is 35.5. The fourth-order valence-corrected chi connectivity index (χ4v) is 2.52. The predicted octanol–water partition coefficient (Wildman–Crippen LogP) is 2.51. The fourth-order valence-electron chi connectivity index (χ4n) is 1.60. The summed E-state index contributed by atoms with van der Waals surface area (Å²) in [5, 5.41) is 2.87. The first-order chi connectivity index (χ1) is 10.5. The van der Waals surface area contributed by atoms with E-state index in [1.165, 1.54) is 4.90 Å². The van der Waals surface area contributed by atoms with Crippen LogP contribution in [0.5, 0.6) is 5.88 Å². The molecule has 1 aromatic rings. The van der Waals surface area contributed by atoms with Crippen LogP contribution >= 0.6 is 23.1 Å². The summed E-state index contributed by atoms with van der Waals surface area (Å²) < 4.78 is 9.55. The summed E-state index contributed by atoms with van der Waals surface area (Å²) in [5.74, 6) is 0.150. The van der Waals surface area contributed by atoms with Crippen molar-refractivity contribution in [2.24, 2.45) is 5.73 Å². The molecule has 3 N–H and O–H groups in total. The molecule has 0 saturated carbocycles. The summed E-state index contributed by atoms with van der Waals surface area (Å²) >= 11 is 6.57. The fraction of sp³-hybridized carbons (Fsp3) is 0.615. The number of nitrogens with one attached hydrogen (secondary N) is 1. The summed E-state index contributed by atoms with van der Waals surface area (Å²) in [6, 6.07) is -0.362. The highest BCUT2D eigenvalue weighted by molar-refractivity contribution is 7.11. The lowest BCUT2D eigenvalue weighted by Gasteiger charge is -2.11. The summed E-state index contributed by atoms with van der Waals surface area (Å²) in [4.78, 5) is 24.6. The molecule has 0 aliphatic carbocycles. The normalized spacial score (nSPS) is 10.3. The standard InChI is InChI=1S/C13H21ClN4O3S/c1-18(2)13(20)16-12-9(10(15)19)11(17-22-12)21-8-6-4-3-5-7-14/h3-8H2,1-2H3,(H2,15,19)(H,16,20). The van der Waals surface area contributed by atoms with Gasteiger partial charge in [0.2, 0.25) is 5.88 Å². The van der Waals surface area contributed by atoms with Gasteiger partial charge in [-0.1, -0.05) is 12.8 Å². The number of rotatable bonds is 9. The highest BCUT2D eigenvalue weighted by Crippen LogP contribution is 2.30. The Balaban J connectivity index is 2.62. The molecular formula is C13H21ClN4O3S. The minimum Gasteiger partial charge on any atom is -0.476 e. The number of carbonyl (C=O) groups is 2. The maximum absolute atomic E-state index is 11.6. The number of anilines is 1. The van der Waals surface area contributed by atoms with Crippen LogP contribution in [0.1, 0.15) is 36.0 Å². The van der Waals surface area contributed by atoms with Crippen molar-refractivity contribution in [1.82, 2.24) is 9.27 Å². The van der Waals surface area contributed by atoms with Gasteiger partial charge in [0.15, 0.2) is 0 Å². The Hall–Kier alpha value is -1.54. The SMILES string of the molecule is CN(C)C(=O)Nc1snc(OCCCCCCCl)c1C(N)=O. The van der Waals surface area contributed by atoms with Crippen molar-refractivity contribution < 1.29 is 14.3 Å². The quantitative estimate of drug-likeness (QED) is 0.529. The maximum atomic E-state index is 11.6. The number of carbonyl (C=O) groups excluding carboxylic acids is 2. The van der Waals surface area contributed by atoms with Crippen LogP contribution in [0, 0.1) is 0 Å². The van der Waals surface area contributed by atoms with E-state index in [1.54, 1.807) is 14.1 Å². The zero-order chi connectivity index (χ0) is 16.5. The summed E-state index contributed by atoms with van der Waals surface area (Å²) in [5.41, 5.74) is 5.46. The second-order valence-corrected chi connectivity index (χ2v) is 5.98. The number of alkyl halides is 1. The van der Waals surface area contributed by atoms with E-state index in [4.69, 9.17) is 22.1 Å². The van der Waals surface area contributed by atoms with E-state index < -0.39 is 5.91 Å². The highest BCUT2D eigenvalue weighted by Gasteiger charge is 2.22. The lowest BCUT2D eigenvalue weighted by atomic mass is 10.2. The molecule has 0 bridgehead atoms. The number of ether oxygens (including phenoxy) is 1. The molecule has 9 heteroatoms. The second-order valence-electron chi connectivity index (χ2n) is 4.83. The van der Waals surface area contributed by atoms with Crippen LogP contribution < -0.4 is 15.8 Å². The van der Waals surface area contributed by atoms with Crippen LogP contribution in [0.25, 0.3) is 0 Å². The molecule has 1 rings (SSSR count). The number of nitrogens with two attached hydrogens (primary N) is 1. The molecule has 3 amide bonds. The summed E-state index contributed by atoms with van der Waals surface area (Å²) in [6.07, 6.45) is 3.85. The van der Waals surface area contributed by atoms with Crippen LogP contribution in [-0.4, -0.2) is 47.8 Å². The average molecular weight is 349 g/mol. The zero-order valence-corrected chi connectivity index (χ0v) is 14.3.